The maximum atomic E-state index is 12.4. The standard InChI is InChI=1S/C18H22N2O3/c1-5-9-14(17(22)23-4)19-16(21)15-12-20(15)18(2,3)13-10-7-6-8-11-13/h1,6-8,10-11,14-15H,9,12H2,2-4H3,(H,19,21)/t14-,15?,20?/m0/s1. The molecule has 1 aliphatic rings. The topological polar surface area (TPSA) is 58.4 Å². The molecule has 0 aliphatic carbocycles. The van der Waals surface area contributed by atoms with E-state index < -0.39 is 12.0 Å². The summed E-state index contributed by atoms with van der Waals surface area (Å²) in [5, 5.41) is 2.69. The SMILES string of the molecule is C#CC[C@H](NC(=O)C1CN1C(C)(C)c1ccccc1)C(=O)OC. The van der Waals surface area contributed by atoms with Gasteiger partial charge in [-0.1, -0.05) is 30.3 Å². The minimum atomic E-state index is -0.792. The fourth-order valence-corrected chi connectivity index (χ4v) is 2.71. The van der Waals surface area contributed by atoms with Crippen LogP contribution in [0.3, 0.4) is 0 Å². The van der Waals surface area contributed by atoms with Gasteiger partial charge in [0.1, 0.15) is 12.1 Å². The number of methoxy groups -OCH3 is 1. The fraction of sp³-hybridized carbons (Fsp3) is 0.444. The Morgan fingerprint density at radius 2 is 2.09 bits per heavy atom. The number of rotatable bonds is 6. The molecular formula is C18H22N2O3. The molecule has 1 heterocycles. The van der Waals surface area contributed by atoms with Crippen molar-refractivity contribution in [2.75, 3.05) is 13.7 Å². The number of nitrogens with one attached hydrogen (secondary N) is 1. The predicted molar refractivity (Wildman–Crippen MR) is 87.4 cm³/mol. The molecule has 5 heteroatoms. The first kappa shape index (κ1) is 17.0. The number of carbonyl (C=O) groups excluding carboxylic acids is 2. The van der Waals surface area contributed by atoms with E-state index in [1.165, 1.54) is 7.11 Å². The van der Waals surface area contributed by atoms with Crippen molar-refractivity contribution in [1.29, 1.82) is 0 Å². The Morgan fingerprint density at radius 1 is 1.43 bits per heavy atom. The van der Waals surface area contributed by atoms with Crippen LogP contribution in [0.2, 0.25) is 0 Å². The summed E-state index contributed by atoms with van der Waals surface area (Å²) >= 11 is 0. The van der Waals surface area contributed by atoms with Crippen molar-refractivity contribution < 1.29 is 14.3 Å². The summed E-state index contributed by atoms with van der Waals surface area (Å²) in [6.07, 6.45) is 5.36. The second-order valence-corrected chi connectivity index (χ2v) is 6.09. The minimum absolute atomic E-state index is 0.118. The molecule has 122 valence electrons. The van der Waals surface area contributed by atoms with Gasteiger partial charge in [0.05, 0.1) is 7.11 Å². The highest BCUT2D eigenvalue weighted by Gasteiger charge is 2.49. The molecule has 2 rings (SSSR count). The lowest BCUT2D eigenvalue weighted by atomic mass is 9.94. The third-order valence-corrected chi connectivity index (χ3v) is 4.24. The van der Waals surface area contributed by atoms with Crippen molar-refractivity contribution in [1.82, 2.24) is 10.2 Å². The summed E-state index contributed by atoms with van der Waals surface area (Å²) in [4.78, 5) is 26.1. The first-order chi connectivity index (χ1) is 10.9. The van der Waals surface area contributed by atoms with Crippen molar-refractivity contribution in [2.45, 2.75) is 37.9 Å². The normalized spacial score (nSPS) is 21.0. The van der Waals surface area contributed by atoms with E-state index in [9.17, 15) is 9.59 Å². The van der Waals surface area contributed by atoms with E-state index >= 15 is 0 Å². The number of esters is 1. The highest BCUT2D eigenvalue weighted by Crippen LogP contribution is 2.37. The minimum Gasteiger partial charge on any atom is -0.467 e. The van der Waals surface area contributed by atoms with E-state index in [4.69, 9.17) is 6.42 Å². The molecule has 23 heavy (non-hydrogen) atoms. The second kappa shape index (κ2) is 6.84. The lowest BCUT2D eigenvalue weighted by molar-refractivity contribution is -0.145. The lowest BCUT2D eigenvalue weighted by Gasteiger charge is -2.28. The number of nitrogens with zero attached hydrogens (tertiary/aromatic N) is 1. The molecule has 5 nitrogen and oxygen atoms in total. The van der Waals surface area contributed by atoms with Crippen molar-refractivity contribution in [3.05, 3.63) is 35.9 Å². The van der Waals surface area contributed by atoms with Gasteiger partial charge in [0.15, 0.2) is 0 Å². The van der Waals surface area contributed by atoms with Crippen LogP contribution in [-0.2, 0) is 19.9 Å². The Balaban J connectivity index is 2.01. The molecule has 0 spiro atoms. The second-order valence-electron chi connectivity index (χ2n) is 6.09. The largest absolute Gasteiger partial charge is 0.467 e. The van der Waals surface area contributed by atoms with Crippen LogP contribution < -0.4 is 5.32 Å². The third kappa shape index (κ3) is 3.72. The average molecular weight is 314 g/mol. The van der Waals surface area contributed by atoms with Gasteiger partial charge in [-0.2, -0.15) is 0 Å². The zero-order chi connectivity index (χ0) is 17.0. The first-order valence-electron chi connectivity index (χ1n) is 7.55. The van der Waals surface area contributed by atoms with Gasteiger partial charge in [-0.25, -0.2) is 4.79 Å². The third-order valence-electron chi connectivity index (χ3n) is 4.24. The van der Waals surface area contributed by atoms with Crippen LogP contribution in [0, 0.1) is 12.3 Å². The number of ether oxygens (including phenoxy) is 1. The van der Waals surface area contributed by atoms with Gasteiger partial charge in [-0.05, 0) is 19.4 Å². The van der Waals surface area contributed by atoms with Gasteiger partial charge in [0.25, 0.3) is 0 Å². The summed E-state index contributed by atoms with van der Waals surface area (Å²) in [5.41, 5.74) is 0.888. The molecule has 1 saturated heterocycles. The van der Waals surface area contributed by atoms with Crippen molar-refractivity contribution >= 4 is 11.9 Å². The predicted octanol–water partition coefficient (Wildman–Crippen LogP) is 1.29. The Morgan fingerprint density at radius 3 is 2.65 bits per heavy atom. The van der Waals surface area contributed by atoms with Gasteiger partial charge in [-0.15, -0.1) is 12.3 Å². The fourth-order valence-electron chi connectivity index (χ4n) is 2.71. The van der Waals surface area contributed by atoms with Crippen LogP contribution in [0.4, 0.5) is 0 Å². The van der Waals surface area contributed by atoms with Gasteiger partial charge in [0.2, 0.25) is 5.91 Å². The Kier molecular flexibility index (Phi) is 5.07. The molecule has 1 amide bonds. The van der Waals surface area contributed by atoms with Gasteiger partial charge < -0.3 is 10.1 Å². The van der Waals surface area contributed by atoms with Gasteiger partial charge in [0, 0.05) is 18.5 Å². The first-order valence-corrected chi connectivity index (χ1v) is 7.55. The van der Waals surface area contributed by atoms with Crippen LogP contribution in [0.15, 0.2) is 30.3 Å². The lowest BCUT2D eigenvalue weighted by Crippen LogP contribution is -2.45. The summed E-state index contributed by atoms with van der Waals surface area (Å²) in [5.74, 6) is 1.67. The molecular weight excluding hydrogens is 292 g/mol. The zero-order valence-electron chi connectivity index (χ0n) is 13.7. The maximum absolute atomic E-state index is 12.4. The molecule has 1 aromatic rings. The molecule has 2 unspecified atom stereocenters. The zero-order valence-corrected chi connectivity index (χ0v) is 13.7. The highest BCUT2D eigenvalue weighted by molar-refractivity contribution is 5.89. The van der Waals surface area contributed by atoms with Crippen molar-refractivity contribution in [3.8, 4) is 12.3 Å². The number of benzene rings is 1. The molecule has 0 radical (unpaired) electrons. The number of carbonyl (C=O) groups is 2. The van der Waals surface area contributed by atoms with E-state index in [-0.39, 0.29) is 23.9 Å². The highest BCUT2D eigenvalue weighted by atomic mass is 16.5. The van der Waals surface area contributed by atoms with Crippen LogP contribution in [0.25, 0.3) is 0 Å². The van der Waals surface area contributed by atoms with E-state index in [2.05, 4.69) is 34.7 Å². The molecule has 3 atom stereocenters. The van der Waals surface area contributed by atoms with Crippen LogP contribution in [0.1, 0.15) is 25.8 Å². The van der Waals surface area contributed by atoms with Crippen molar-refractivity contribution in [3.63, 3.8) is 0 Å². The quantitative estimate of drug-likeness (QED) is 0.488. The average Bonchev–Trinajstić information content (AvgIpc) is 3.36. The Labute approximate surface area is 137 Å². The van der Waals surface area contributed by atoms with Crippen LogP contribution >= 0.6 is 0 Å². The molecule has 0 bridgehead atoms. The number of hydrogen-bond donors (Lipinski definition) is 1. The molecule has 0 saturated carbocycles. The van der Waals surface area contributed by atoms with Crippen LogP contribution in [-0.4, -0.2) is 42.5 Å². The van der Waals surface area contributed by atoms with Crippen LogP contribution in [0.5, 0.6) is 0 Å². The Hall–Kier alpha value is -2.32. The molecule has 1 aromatic carbocycles. The van der Waals surface area contributed by atoms with E-state index in [0.29, 0.717) is 6.54 Å². The Bertz CT molecular complexity index is 619. The molecule has 0 aromatic heterocycles. The molecule has 1 N–H and O–H groups in total. The summed E-state index contributed by atoms with van der Waals surface area (Å²) < 4.78 is 4.67. The smallest absolute Gasteiger partial charge is 0.329 e. The van der Waals surface area contributed by atoms with Gasteiger partial charge >= 0.3 is 5.97 Å². The monoisotopic (exact) mass is 314 g/mol. The van der Waals surface area contributed by atoms with E-state index in [1.807, 2.05) is 30.3 Å². The van der Waals surface area contributed by atoms with E-state index in [0.717, 1.165) is 5.56 Å². The molecule has 1 fully saturated rings. The molecule has 1 aliphatic heterocycles. The van der Waals surface area contributed by atoms with Crippen molar-refractivity contribution in [2.24, 2.45) is 0 Å². The number of amides is 1. The number of hydrogen-bond acceptors (Lipinski definition) is 4. The van der Waals surface area contributed by atoms with Gasteiger partial charge in [-0.3, -0.25) is 9.69 Å². The summed E-state index contributed by atoms with van der Waals surface area (Å²) in [6, 6.07) is 8.97. The number of terminal acetylenes is 1. The summed E-state index contributed by atoms with van der Waals surface area (Å²) in [7, 11) is 1.28. The maximum Gasteiger partial charge on any atom is 0.329 e. The summed E-state index contributed by atoms with van der Waals surface area (Å²) in [6.45, 7) is 4.81. The van der Waals surface area contributed by atoms with E-state index in [1.54, 1.807) is 0 Å².